The Balaban J connectivity index is 0.000000505. The maximum absolute atomic E-state index is 12.0. The number of amides is 1. The van der Waals surface area contributed by atoms with E-state index in [1.807, 2.05) is 43.5 Å². The van der Waals surface area contributed by atoms with Crippen molar-refractivity contribution in [2.75, 3.05) is 13.2 Å². The lowest BCUT2D eigenvalue weighted by molar-refractivity contribution is -0.192. The number of pyridine rings is 2. The summed E-state index contributed by atoms with van der Waals surface area (Å²) >= 11 is 0. The van der Waals surface area contributed by atoms with Crippen LogP contribution in [0.5, 0.6) is 0 Å². The van der Waals surface area contributed by atoms with Gasteiger partial charge in [-0.15, -0.1) is 0 Å². The summed E-state index contributed by atoms with van der Waals surface area (Å²) in [5.74, 6) is -2.92. The molecule has 0 spiro atoms. The van der Waals surface area contributed by atoms with Crippen LogP contribution < -0.4 is 5.32 Å². The van der Waals surface area contributed by atoms with Crippen LogP contribution in [-0.2, 0) is 27.2 Å². The summed E-state index contributed by atoms with van der Waals surface area (Å²) in [6.07, 6.45) is 2.29. The van der Waals surface area contributed by atoms with Crippen molar-refractivity contribution in [3.63, 3.8) is 0 Å². The van der Waals surface area contributed by atoms with Crippen LogP contribution in [0.2, 0.25) is 0 Å². The van der Waals surface area contributed by atoms with Gasteiger partial charge in [-0.1, -0.05) is 0 Å². The van der Waals surface area contributed by atoms with E-state index < -0.39 is 12.1 Å². The average Bonchev–Trinajstić information content (AvgIpc) is 3.33. The van der Waals surface area contributed by atoms with Crippen LogP contribution in [-0.4, -0.2) is 57.2 Å². The summed E-state index contributed by atoms with van der Waals surface area (Å²) < 4.78 is 36.7. The van der Waals surface area contributed by atoms with Crippen LogP contribution in [0, 0.1) is 0 Å². The third kappa shape index (κ3) is 7.89. The molecule has 0 saturated heterocycles. The number of carbonyl (C=O) groups is 3. The van der Waals surface area contributed by atoms with Crippen LogP contribution in [0.3, 0.4) is 0 Å². The number of carboxylic acids is 1. The van der Waals surface area contributed by atoms with E-state index in [-0.39, 0.29) is 11.9 Å². The van der Waals surface area contributed by atoms with E-state index in [1.165, 1.54) is 0 Å². The molecule has 0 fully saturated rings. The lowest BCUT2D eigenvalue weighted by atomic mass is 10.1. The molecule has 0 bridgehead atoms. The second-order valence-corrected chi connectivity index (χ2v) is 8.36. The van der Waals surface area contributed by atoms with E-state index in [2.05, 4.69) is 20.3 Å². The molecule has 0 radical (unpaired) electrons. The predicted molar refractivity (Wildman–Crippen MR) is 131 cm³/mol. The molecule has 4 rings (SSSR count). The molecule has 1 aliphatic heterocycles. The van der Waals surface area contributed by atoms with Gasteiger partial charge in [-0.3, -0.25) is 19.6 Å². The Labute approximate surface area is 216 Å². The minimum Gasteiger partial charge on any atom is -0.475 e. The Hall–Kier alpha value is -4.22. The fourth-order valence-electron chi connectivity index (χ4n) is 3.74. The third-order valence-electron chi connectivity index (χ3n) is 5.61. The van der Waals surface area contributed by atoms with Gasteiger partial charge in [0.2, 0.25) is 0 Å². The van der Waals surface area contributed by atoms with Crippen molar-refractivity contribution in [2.24, 2.45) is 0 Å². The molecule has 3 aromatic heterocycles. The normalized spacial score (nSPS) is 12.6. The molecule has 38 heavy (non-hydrogen) atoms. The van der Waals surface area contributed by atoms with E-state index in [0.29, 0.717) is 25.1 Å². The molecule has 0 saturated carbocycles. The summed E-state index contributed by atoms with van der Waals surface area (Å²) in [6, 6.07) is 9.87. The lowest BCUT2D eigenvalue weighted by Crippen LogP contribution is -2.31. The molecule has 3 N–H and O–H groups in total. The molecule has 0 aliphatic carbocycles. The van der Waals surface area contributed by atoms with Gasteiger partial charge in [0.05, 0.1) is 17.9 Å². The minimum absolute atomic E-state index is 0.0277. The molecule has 0 unspecified atom stereocenters. The van der Waals surface area contributed by atoms with Gasteiger partial charge in [0, 0.05) is 60.0 Å². The largest absolute Gasteiger partial charge is 0.490 e. The second-order valence-electron chi connectivity index (χ2n) is 8.36. The lowest BCUT2D eigenvalue weighted by Gasteiger charge is -2.10. The highest BCUT2D eigenvalue weighted by Crippen LogP contribution is 2.27. The molecular weight excluding hydrogens is 505 g/mol. The number of aliphatic carboxylic acids is 1. The Bertz CT molecular complexity index is 1270. The fraction of sp³-hybridized carbons (Fsp3) is 0.346. The number of carbonyl (C=O) groups excluding carboxylic acids is 2. The molecule has 3 aromatic rings. The van der Waals surface area contributed by atoms with Crippen molar-refractivity contribution >= 4 is 17.8 Å². The monoisotopic (exact) mass is 532 g/mol. The van der Waals surface area contributed by atoms with Gasteiger partial charge >= 0.3 is 18.1 Å². The zero-order valence-corrected chi connectivity index (χ0v) is 20.6. The molecule has 1 aliphatic rings. The molecule has 12 heteroatoms. The van der Waals surface area contributed by atoms with Crippen LogP contribution in [0.15, 0.2) is 42.7 Å². The van der Waals surface area contributed by atoms with Crippen LogP contribution in [0.1, 0.15) is 47.9 Å². The standard InChI is InChI=1S/C24H26N4O3.C2HF3O2/c1-2-31-23(29)6-4-3-5-18-8-7-17(15-27-18)21-13-16(9-11-25-21)22-14-19-20(28-22)10-12-26-24(19)30;3-2(4,5)1(6)7/h7-9,11,13-15,28H,2-6,10,12H2,1H3,(H,26,30);(H,6,7). The SMILES string of the molecule is CCOC(=O)CCCCc1ccc(-c2cc(-c3cc4c([nH]3)CCNC4=O)ccn2)cn1.O=C(O)C(F)(F)F. The number of aromatic amines is 1. The smallest absolute Gasteiger partial charge is 0.475 e. The first kappa shape index (κ1) is 28.4. The van der Waals surface area contributed by atoms with Gasteiger partial charge in [0.15, 0.2) is 0 Å². The van der Waals surface area contributed by atoms with Crippen molar-refractivity contribution in [3.05, 3.63) is 59.7 Å². The molecule has 9 nitrogen and oxygen atoms in total. The number of nitrogens with zero attached hydrogens (tertiary/aromatic N) is 2. The highest BCUT2D eigenvalue weighted by atomic mass is 19.4. The Morgan fingerprint density at radius 2 is 1.87 bits per heavy atom. The number of halogens is 3. The van der Waals surface area contributed by atoms with Crippen molar-refractivity contribution < 1.29 is 37.4 Å². The van der Waals surface area contributed by atoms with E-state index in [9.17, 15) is 22.8 Å². The number of aromatic nitrogens is 3. The summed E-state index contributed by atoms with van der Waals surface area (Å²) in [7, 11) is 0. The molecule has 0 atom stereocenters. The number of rotatable bonds is 8. The van der Waals surface area contributed by atoms with E-state index in [4.69, 9.17) is 14.6 Å². The second kappa shape index (κ2) is 12.8. The number of aryl methyl sites for hydroxylation is 1. The summed E-state index contributed by atoms with van der Waals surface area (Å²) in [6.45, 7) is 2.91. The van der Waals surface area contributed by atoms with Crippen molar-refractivity contribution in [1.82, 2.24) is 20.3 Å². The number of ether oxygens (including phenoxy) is 1. The zero-order valence-electron chi connectivity index (χ0n) is 20.6. The first-order valence-corrected chi connectivity index (χ1v) is 12.0. The average molecular weight is 533 g/mol. The first-order valence-electron chi connectivity index (χ1n) is 12.0. The Kier molecular flexibility index (Phi) is 9.58. The molecule has 1 amide bonds. The van der Waals surface area contributed by atoms with Crippen molar-refractivity contribution in [1.29, 1.82) is 0 Å². The number of esters is 1. The number of hydrogen-bond donors (Lipinski definition) is 3. The van der Waals surface area contributed by atoms with Gasteiger partial charge in [-0.2, -0.15) is 13.2 Å². The summed E-state index contributed by atoms with van der Waals surface area (Å²) in [5, 5.41) is 10.00. The van der Waals surface area contributed by atoms with E-state index in [0.717, 1.165) is 59.6 Å². The maximum atomic E-state index is 12.0. The third-order valence-corrected chi connectivity index (χ3v) is 5.61. The summed E-state index contributed by atoms with van der Waals surface area (Å²) in [4.78, 5) is 44.7. The predicted octanol–water partition coefficient (Wildman–Crippen LogP) is 4.33. The number of nitrogens with one attached hydrogen (secondary N) is 2. The molecule has 4 heterocycles. The number of alkyl halides is 3. The Morgan fingerprint density at radius 1 is 1.11 bits per heavy atom. The minimum atomic E-state index is -5.08. The van der Waals surface area contributed by atoms with Gasteiger partial charge in [-0.25, -0.2) is 4.79 Å². The molecule has 0 aromatic carbocycles. The molecule has 202 valence electrons. The first-order chi connectivity index (χ1) is 18.1. The van der Waals surface area contributed by atoms with Gasteiger partial charge in [0.25, 0.3) is 5.91 Å². The van der Waals surface area contributed by atoms with E-state index >= 15 is 0 Å². The highest BCUT2D eigenvalue weighted by molar-refractivity contribution is 5.97. The fourth-order valence-corrected chi connectivity index (χ4v) is 3.74. The maximum Gasteiger partial charge on any atom is 0.490 e. The molecular formula is C26H27F3N4O5. The summed E-state index contributed by atoms with van der Waals surface area (Å²) in [5.41, 5.74) is 6.35. The number of carboxylic acid groups (broad SMARTS) is 1. The number of fused-ring (bicyclic) bond motifs is 1. The number of H-pyrrole nitrogens is 1. The van der Waals surface area contributed by atoms with Gasteiger partial charge in [0.1, 0.15) is 0 Å². The quantitative estimate of drug-likeness (QED) is 0.290. The van der Waals surface area contributed by atoms with Gasteiger partial charge in [-0.05, 0) is 56.5 Å². The van der Waals surface area contributed by atoms with Crippen LogP contribution in [0.25, 0.3) is 22.5 Å². The Morgan fingerprint density at radius 3 is 2.50 bits per heavy atom. The zero-order chi connectivity index (χ0) is 27.7. The van der Waals surface area contributed by atoms with Crippen LogP contribution in [0.4, 0.5) is 13.2 Å². The number of hydrogen-bond acceptors (Lipinski definition) is 6. The topological polar surface area (TPSA) is 134 Å². The number of unbranched alkanes of at least 4 members (excludes halogenated alkanes) is 1. The van der Waals surface area contributed by atoms with Crippen molar-refractivity contribution in [2.45, 2.75) is 45.2 Å². The van der Waals surface area contributed by atoms with E-state index in [1.54, 1.807) is 6.20 Å². The van der Waals surface area contributed by atoms with Crippen LogP contribution >= 0.6 is 0 Å². The van der Waals surface area contributed by atoms with Crippen molar-refractivity contribution in [3.8, 4) is 22.5 Å². The van der Waals surface area contributed by atoms with Gasteiger partial charge < -0.3 is 20.1 Å². The highest BCUT2D eigenvalue weighted by Gasteiger charge is 2.38.